The summed E-state index contributed by atoms with van der Waals surface area (Å²) < 4.78 is 11.4. The number of hydrogen-bond donors (Lipinski definition) is 0. The maximum absolute atomic E-state index is 12.0. The van der Waals surface area contributed by atoms with Gasteiger partial charge in [0.15, 0.2) is 0 Å². The molecule has 0 aromatic heterocycles. The number of carbonyl (C=O) groups excluding carboxylic acids is 1. The van der Waals surface area contributed by atoms with E-state index in [1.165, 1.54) is 0 Å². The number of hydrogen-bond acceptors (Lipinski definition) is 4. The van der Waals surface area contributed by atoms with Crippen LogP contribution in [0.5, 0.6) is 5.75 Å². The Bertz CT molecular complexity index is 787. The predicted molar refractivity (Wildman–Crippen MR) is 94.5 cm³/mol. The van der Waals surface area contributed by atoms with Crippen molar-refractivity contribution < 1.29 is 14.3 Å². The van der Waals surface area contributed by atoms with E-state index in [4.69, 9.17) is 9.47 Å². The van der Waals surface area contributed by atoms with Crippen LogP contribution in [0, 0.1) is 11.3 Å². The number of benzene rings is 2. The molecular weight excluding hydrogens is 314 g/mol. The molecule has 0 atom stereocenters. The van der Waals surface area contributed by atoms with Crippen molar-refractivity contribution in [2.75, 3.05) is 0 Å². The van der Waals surface area contributed by atoms with Gasteiger partial charge in [0.25, 0.3) is 0 Å². The fourth-order valence-corrected chi connectivity index (χ4v) is 2.89. The molecule has 2 aromatic carbocycles. The van der Waals surface area contributed by atoms with Crippen LogP contribution in [-0.2, 0) is 4.74 Å². The van der Waals surface area contributed by atoms with Crippen molar-refractivity contribution in [1.29, 1.82) is 5.26 Å². The summed E-state index contributed by atoms with van der Waals surface area (Å²) in [5, 5.41) is 9.17. The Morgan fingerprint density at radius 2 is 1.84 bits per heavy atom. The van der Waals surface area contributed by atoms with Crippen molar-refractivity contribution in [2.45, 2.75) is 44.8 Å². The number of nitrogens with zero attached hydrogens (tertiary/aromatic N) is 1. The molecule has 0 heterocycles. The molecule has 0 N–H and O–H groups in total. The van der Waals surface area contributed by atoms with Gasteiger partial charge >= 0.3 is 5.97 Å². The first-order valence-corrected chi connectivity index (χ1v) is 8.53. The number of esters is 1. The molecule has 0 aliphatic heterocycles. The van der Waals surface area contributed by atoms with Crippen molar-refractivity contribution in [1.82, 2.24) is 0 Å². The predicted octanol–water partition coefficient (Wildman–Crippen LogP) is 4.45. The minimum absolute atomic E-state index is 0.0431. The number of rotatable bonds is 5. The SMILES string of the molecule is CC(C)c1cc(O[C@H]2C[C@@H](OC(=O)c3ccccc3)C2)ccc1C#N. The molecule has 0 saturated heterocycles. The van der Waals surface area contributed by atoms with Crippen LogP contribution in [0.25, 0.3) is 0 Å². The highest BCUT2D eigenvalue weighted by molar-refractivity contribution is 5.89. The highest BCUT2D eigenvalue weighted by Crippen LogP contribution is 2.31. The van der Waals surface area contributed by atoms with Crippen molar-refractivity contribution in [3.8, 4) is 11.8 Å². The standard InChI is InChI=1S/C21H21NO3/c1-14(2)20-12-17(9-8-16(20)13-22)24-18-10-19(11-18)25-21(23)15-6-4-3-5-7-15/h3-9,12,14,18-19H,10-11H2,1-2H3/t18-,19+. The van der Waals surface area contributed by atoms with Crippen LogP contribution in [-0.4, -0.2) is 18.2 Å². The van der Waals surface area contributed by atoms with Gasteiger partial charge in [0.2, 0.25) is 0 Å². The zero-order valence-corrected chi connectivity index (χ0v) is 14.4. The molecule has 1 saturated carbocycles. The molecule has 0 radical (unpaired) electrons. The van der Waals surface area contributed by atoms with Crippen LogP contribution in [0.2, 0.25) is 0 Å². The summed E-state index contributed by atoms with van der Waals surface area (Å²) >= 11 is 0. The molecule has 1 aliphatic carbocycles. The van der Waals surface area contributed by atoms with Gasteiger partial charge in [0.1, 0.15) is 18.0 Å². The minimum Gasteiger partial charge on any atom is -0.490 e. The Kier molecular flexibility index (Phi) is 5.04. The Labute approximate surface area is 148 Å². The lowest BCUT2D eigenvalue weighted by molar-refractivity contribution is -0.0372. The highest BCUT2D eigenvalue weighted by Gasteiger charge is 2.34. The van der Waals surface area contributed by atoms with Crippen LogP contribution in [0.1, 0.15) is 54.1 Å². The van der Waals surface area contributed by atoms with Gasteiger partial charge in [-0.05, 0) is 41.8 Å². The summed E-state index contributed by atoms with van der Waals surface area (Å²) in [5.41, 5.74) is 2.25. The lowest BCUT2D eigenvalue weighted by Crippen LogP contribution is -2.40. The van der Waals surface area contributed by atoms with E-state index in [1.54, 1.807) is 18.2 Å². The summed E-state index contributed by atoms with van der Waals surface area (Å²) in [6.45, 7) is 4.12. The van der Waals surface area contributed by atoms with E-state index >= 15 is 0 Å². The Morgan fingerprint density at radius 3 is 2.48 bits per heavy atom. The van der Waals surface area contributed by atoms with Gasteiger partial charge in [-0.3, -0.25) is 0 Å². The third-order valence-corrected chi connectivity index (χ3v) is 4.40. The normalized spacial score (nSPS) is 19.0. The lowest BCUT2D eigenvalue weighted by atomic mass is 9.91. The van der Waals surface area contributed by atoms with Crippen LogP contribution in [0.4, 0.5) is 0 Å². The topological polar surface area (TPSA) is 59.3 Å². The van der Waals surface area contributed by atoms with E-state index in [9.17, 15) is 10.1 Å². The first-order chi connectivity index (χ1) is 12.1. The van der Waals surface area contributed by atoms with Crippen LogP contribution < -0.4 is 4.74 Å². The summed E-state index contributed by atoms with van der Waals surface area (Å²) in [5.74, 6) is 0.740. The zero-order valence-electron chi connectivity index (χ0n) is 14.4. The van der Waals surface area contributed by atoms with Crippen molar-refractivity contribution in [3.05, 3.63) is 65.2 Å². The van der Waals surface area contributed by atoms with Gasteiger partial charge in [0, 0.05) is 12.8 Å². The molecule has 1 fully saturated rings. The largest absolute Gasteiger partial charge is 0.490 e. The van der Waals surface area contributed by atoms with Gasteiger partial charge in [-0.15, -0.1) is 0 Å². The summed E-state index contributed by atoms with van der Waals surface area (Å²) in [6.07, 6.45) is 1.33. The van der Waals surface area contributed by atoms with E-state index in [2.05, 4.69) is 19.9 Å². The second kappa shape index (κ2) is 7.40. The molecule has 4 heteroatoms. The Morgan fingerprint density at radius 1 is 1.12 bits per heavy atom. The van der Waals surface area contributed by atoms with E-state index in [0.717, 1.165) is 11.3 Å². The van der Waals surface area contributed by atoms with Gasteiger partial charge < -0.3 is 9.47 Å². The molecule has 0 amide bonds. The highest BCUT2D eigenvalue weighted by atomic mass is 16.6. The third-order valence-electron chi connectivity index (χ3n) is 4.40. The number of ether oxygens (including phenoxy) is 2. The summed E-state index contributed by atoms with van der Waals surface area (Å²) in [7, 11) is 0. The molecule has 0 unspecified atom stereocenters. The second-order valence-electron chi connectivity index (χ2n) is 6.62. The fourth-order valence-electron chi connectivity index (χ4n) is 2.89. The van der Waals surface area contributed by atoms with Gasteiger partial charge in [-0.1, -0.05) is 32.0 Å². The van der Waals surface area contributed by atoms with E-state index in [0.29, 0.717) is 24.0 Å². The first-order valence-electron chi connectivity index (χ1n) is 8.53. The molecule has 2 aromatic rings. The van der Waals surface area contributed by atoms with Gasteiger partial charge in [-0.2, -0.15) is 5.26 Å². The molecule has 128 valence electrons. The Hall–Kier alpha value is -2.80. The zero-order chi connectivity index (χ0) is 17.8. The maximum Gasteiger partial charge on any atom is 0.338 e. The average Bonchev–Trinajstić information content (AvgIpc) is 2.60. The quantitative estimate of drug-likeness (QED) is 0.758. The Balaban J connectivity index is 1.53. The number of carbonyl (C=O) groups is 1. The summed E-state index contributed by atoms with van der Waals surface area (Å²) in [6, 6.07) is 16.8. The molecule has 1 aliphatic rings. The number of nitriles is 1. The van der Waals surface area contributed by atoms with E-state index in [-0.39, 0.29) is 24.1 Å². The molecular formula is C21H21NO3. The molecule has 25 heavy (non-hydrogen) atoms. The van der Waals surface area contributed by atoms with Crippen molar-refractivity contribution >= 4 is 5.97 Å². The first kappa shape index (κ1) is 17.0. The smallest absolute Gasteiger partial charge is 0.338 e. The van der Waals surface area contributed by atoms with Crippen molar-refractivity contribution in [2.24, 2.45) is 0 Å². The fraction of sp³-hybridized carbons (Fsp3) is 0.333. The summed E-state index contributed by atoms with van der Waals surface area (Å²) in [4.78, 5) is 12.0. The monoisotopic (exact) mass is 335 g/mol. The molecule has 0 spiro atoms. The molecule has 4 nitrogen and oxygen atoms in total. The van der Waals surface area contributed by atoms with Gasteiger partial charge in [0.05, 0.1) is 17.2 Å². The maximum atomic E-state index is 12.0. The van der Waals surface area contributed by atoms with E-state index < -0.39 is 0 Å². The third kappa shape index (κ3) is 4.00. The van der Waals surface area contributed by atoms with Crippen LogP contribution >= 0.6 is 0 Å². The minimum atomic E-state index is -0.287. The molecule has 0 bridgehead atoms. The van der Waals surface area contributed by atoms with Crippen LogP contribution in [0.3, 0.4) is 0 Å². The average molecular weight is 335 g/mol. The van der Waals surface area contributed by atoms with Crippen LogP contribution in [0.15, 0.2) is 48.5 Å². The van der Waals surface area contributed by atoms with Crippen molar-refractivity contribution in [3.63, 3.8) is 0 Å². The second-order valence-corrected chi connectivity index (χ2v) is 6.62. The lowest BCUT2D eigenvalue weighted by Gasteiger charge is -2.34. The van der Waals surface area contributed by atoms with E-state index in [1.807, 2.05) is 30.3 Å². The molecule has 3 rings (SSSR count). The van der Waals surface area contributed by atoms with Gasteiger partial charge in [-0.25, -0.2) is 4.79 Å².